The topological polar surface area (TPSA) is 152 Å². The second-order valence-corrected chi connectivity index (χ2v) is 5.99. The average Bonchev–Trinajstić information content (AvgIpc) is 2.71. The summed E-state index contributed by atoms with van der Waals surface area (Å²) in [6.07, 6.45) is 1.26. The van der Waals surface area contributed by atoms with Crippen LogP contribution >= 0.6 is 0 Å². The Balaban J connectivity index is 2.29. The molecule has 154 valence electrons. The lowest BCUT2D eigenvalue weighted by Gasteiger charge is -2.10. The van der Waals surface area contributed by atoms with Crippen molar-refractivity contribution in [3.63, 3.8) is 0 Å². The van der Waals surface area contributed by atoms with E-state index in [9.17, 15) is 25.0 Å². The highest BCUT2D eigenvalue weighted by atomic mass is 16.6. The fourth-order valence-electron chi connectivity index (χ4n) is 2.44. The number of aryl methyl sites for hydroxylation is 1. The third kappa shape index (κ3) is 5.56. The summed E-state index contributed by atoms with van der Waals surface area (Å²) < 4.78 is 10.2. The lowest BCUT2D eigenvalue weighted by atomic mass is 10.1. The number of nitrogens with zero attached hydrogens (tertiary/aromatic N) is 2. The number of benzene rings is 2. The molecule has 2 N–H and O–H groups in total. The Hall–Kier alpha value is -4.39. The van der Waals surface area contributed by atoms with Gasteiger partial charge in [0.1, 0.15) is 17.3 Å². The highest BCUT2D eigenvalue weighted by Crippen LogP contribution is 2.29. The fourth-order valence-corrected chi connectivity index (χ4v) is 2.44. The van der Waals surface area contributed by atoms with Crippen LogP contribution in [0.5, 0.6) is 11.5 Å². The van der Waals surface area contributed by atoms with Crippen LogP contribution in [0.2, 0.25) is 0 Å². The van der Waals surface area contributed by atoms with Gasteiger partial charge in [0, 0.05) is 6.07 Å². The first kappa shape index (κ1) is 21.9. The van der Waals surface area contributed by atoms with E-state index in [0.717, 1.165) is 0 Å². The van der Waals surface area contributed by atoms with E-state index in [1.807, 2.05) is 0 Å². The minimum atomic E-state index is -1.16. The van der Waals surface area contributed by atoms with Gasteiger partial charge < -0.3 is 19.9 Å². The Morgan fingerprint density at radius 3 is 2.60 bits per heavy atom. The van der Waals surface area contributed by atoms with E-state index in [-0.39, 0.29) is 28.4 Å². The number of rotatable bonds is 8. The monoisotopic (exact) mass is 411 g/mol. The molecule has 30 heavy (non-hydrogen) atoms. The van der Waals surface area contributed by atoms with Crippen molar-refractivity contribution in [2.24, 2.45) is 0 Å². The van der Waals surface area contributed by atoms with Crippen molar-refractivity contribution >= 4 is 29.3 Å². The van der Waals surface area contributed by atoms with E-state index in [2.05, 4.69) is 5.32 Å². The molecular weight excluding hydrogens is 394 g/mol. The lowest BCUT2D eigenvalue weighted by Crippen LogP contribution is -2.14. The van der Waals surface area contributed by atoms with Gasteiger partial charge in [0.25, 0.3) is 11.6 Å². The number of nitrogens with one attached hydrogen (secondary N) is 1. The third-order valence-corrected chi connectivity index (χ3v) is 3.81. The first-order chi connectivity index (χ1) is 14.2. The number of nitro benzene ring substituents is 1. The molecule has 10 nitrogen and oxygen atoms in total. The van der Waals surface area contributed by atoms with E-state index < -0.39 is 23.4 Å². The molecule has 1 amide bonds. The summed E-state index contributed by atoms with van der Waals surface area (Å²) in [5, 5.41) is 31.6. The molecule has 0 radical (unpaired) electrons. The number of carboxylic acid groups (broad SMARTS) is 1. The highest BCUT2D eigenvalue weighted by Gasteiger charge is 2.18. The number of hydrogen-bond acceptors (Lipinski definition) is 7. The number of ether oxygens (including phenoxy) is 2. The molecule has 0 saturated heterocycles. The third-order valence-electron chi connectivity index (χ3n) is 3.81. The number of hydrogen-bond donors (Lipinski definition) is 2. The quantitative estimate of drug-likeness (QED) is 0.291. The van der Waals surface area contributed by atoms with Crippen LogP contribution in [0.25, 0.3) is 6.08 Å². The van der Waals surface area contributed by atoms with Gasteiger partial charge in [-0.25, -0.2) is 4.79 Å². The maximum Gasteiger partial charge on any atom is 0.341 e. The summed E-state index contributed by atoms with van der Waals surface area (Å²) >= 11 is 0. The van der Waals surface area contributed by atoms with E-state index >= 15 is 0 Å². The molecule has 0 aromatic heterocycles. The van der Waals surface area contributed by atoms with Crippen LogP contribution in [-0.2, 0) is 9.59 Å². The van der Waals surface area contributed by atoms with E-state index in [1.54, 1.807) is 19.1 Å². The van der Waals surface area contributed by atoms with Crippen molar-refractivity contribution in [2.75, 3.05) is 19.0 Å². The van der Waals surface area contributed by atoms with Gasteiger partial charge in [0.2, 0.25) is 0 Å². The van der Waals surface area contributed by atoms with Crippen LogP contribution in [0, 0.1) is 28.4 Å². The Kier molecular flexibility index (Phi) is 7.08. The van der Waals surface area contributed by atoms with E-state index in [0.29, 0.717) is 11.1 Å². The summed E-state index contributed by atoms with van der Waals surface area (Å²) in [6.45, 7) is 1.11. The first-order valence-electron chi connectivity index (χ1n) is 8.46. The van der Waals surface area contributed by atoms with Crippen molar-refractivity contribution in [1.82, 2.24) is 0 Å². The van der Waals surface area contributed by atoms with Gasteiger partial charge in [0.15, 0.2) is 18.1 Å². The number of nitro groups is 1. The second kappa shape index (κ2) is 9.70. The van der Waals surface area contributed by atoms with Crippen molar-refractivity contribution in [3.05, 3.63) is 63.2 Å². The molecule has 0 unspecified atom stereocenters. The van der Waals surface area contributed by atoms with Gasteiger partial charge in [-0.1, -0.05) is 12.1 Å². The number of aliphatic carboxylic acids is 1. The van der Waals surface area contributed by atoms with Gasteiger partial charge in [0.05, 0.1) is 12.0 Å². The molecule has 0 aliphatic carbocycles. The summed E-state index contributed by atoms with van der Waals surface area (Å²) in [5.74, 6) is -1.60. The minimum Gasteiger partial charge on any atom is -0.493 e. The number of nitriles is 1. The van der Waals surface area contributed by atoms with Gasteiger partial charge in [-0.05, 0) is 42.3 Å². The van der Waals surface area contributed by atoms with Crippen LogP contribution in [-0.4, -0.2) is 35.6 Å². The standard InChI is InChI=1S/C20H17N3O7/c1-12-3-5-15(16(7-12)23(27)28)22-20(26)14(10-21)8-13-4-6-17(18(9-13)29-2)30-11-19(24)25/h3-9H,11H2,1-2H3,(H,22,26)(H,24,25)/b14-8+. The largest absolute Gasteiger partial charge is 0.493 e. The molecule has 0 atom stereocenters. The molecule has 2 rings (SSSR count). The molecule has 0 aliphatic rings. The number of carbonyl (C=O) groups excluding carboxylic acids is 1. The summed E-state index contributed by atoms with van der Waals surface area (Å²) in [4.78, 5) is 33.7. The molecule has 10 heteroatoms. The van der Waals surface area contributed by atoms with Crippen LogP contribution in [0.4, 0.5) is 11.4 Å². The Morgan fingerprint density at radius 2 is 2.00 bits per heavy atom. The molecule has 0 spiro atoms. The molecule has 0 bridgehead atoms. The molecule has 0 aliphatic heterocycles. The minimum absolute atomic E-state index is 0.0354. The smallest absolute Gasteiger partial charge is 0.341 e. The molecule has 0 saturated carbocycles. The molecule has 0 heterocycles. The lowest BCUT2D eigenvalue weighted by molar-refractivity contribution is -0.384. The molecule has 0 fully saturated rings. The summed E-state index contributed by atoms with van der Waals surface area (Å²) in [6, 6.07) is 10.4. The summed E-state index contributed by atoms with van der Waals surface area (Å²) in [7, 11) is 1.35. The maximum atomic E-state index is 12.5. The summed E-state index contributed by atoms with van der Waals surface area (Å²) in [5.41, 5.74) is 0.424. The zero-order chi connectivity index (χ0) is 22.3. The van der Waals surface area contributed by atoms with Crippen LogP contribution in [0.1, 0.15) is 11.1 Å². The maximum absolute atomic E-state index is 12.5. The SMILES string of the molecule is COc1cc(/C=C(\C#N)C(=O)Nc2ccc(C)cc2[N+](=O)[O-])ccc1OCC(=O)O. The first-order valence-corrected chi connectivity index (χ1v) is 8.46. The van der Waals surface area contributed by atoms with E-state index in [4.69, 9.17) is 14.6 Å². The predicted molar refractivity (Wildman–Crippen MR) is 106 cm³/mol. The normalized spacial score (nSPS) is 10.6. The van der Waals surface area contributed by atoms with Crippen molar-refractivity contribution in [1.29, 1.82) is 5.26 Å². The molecule has 2 aromatic carbocycles. The number of carbonyl (C=O) groups is 2. The van der Waals surface area contributed by atoms with Crippen molar-refractivity contribution in [2.45, 2.75) is 6.92 Å². The highest BCUT2D eigenvalue weighted by molar-refractivity contribution is 6.10. The van der Waals surface area contributed by atoms with Gasteiger partial charge in [-0.15, -0.1) is 0 Å². The zero-order valence-corrected chi connectivity index (χ0v) is 16.0. The average molecular weight is 411 g/mol. The van der Waals surface area contributed by atoms with Crippen LogP contribution in [0.3, 0.4) is 0 Å². The number of amides is 1. The Morgan fingerprint density at radius 1 is 1.27 bits per heavy atom. The van der Waals surface area contributed by atoms with Gasteiger partial charge in [-0.3, -0.25) is 14.9 Å². The fraction of sp³-hybridized carbons (Fsp3) is 0.150. The number of methoxy groups -OCH3 is 1. The van der Waals surface area contributed by atoms with Crippen LogP contribution in [0.15, 0.2) is 42.0 Å². The van der Waals surface area contributed by atoms with Gasteiger partial charge in [-0.2, -0.15) is 5.26 Å². The van der Waals surface area contributed by atoms with E-state index in [1.165, 1.54) is 43.5 Å². The Labute approximate surface area is 171 Å². The molecule has 2 aromatic rings. The number of anilines is 1. The predicted octanol–water partition coefficient (Wildman–Crippen LogP) is 2.92. The second-order valence-electron chi connectivity index (χ2n) is 5.99. The van der Waals surface area contributed by atoms with Gasteiger partial charge >= 0.3 is 5.97 Å². The van der Waals surface area contributed by atoms with Crippen molar-refractivity contribution < 1.29 is 29.1 Å². The molecular formula is C20H17N3O7. The number of carboxylic acids is 1. The van der Waals surface area contributed by atoms with Crippen LogP contribution < -0.4 is 14.8 Å². The Bertz CT molecular complexity index is 1070. The zero-order valence-electron chi connectivity index (χ0n) is 16.0. The van der Waals surface area contributed by atoms with Crippen molar-refractivity contribution in [3.8, 4) is 17.6 Å².